The lowest BCUT2D eigenvalue weighted by Gasteiger charge is -2.25. The van der Waals surface area contributed by atoms with Crippen molar-refractivity contribution in [1.82, 2.24) is 4.90 Å². The van der Waals surface area contributed by atoms with Gasteiger partial charge >= 0.3 is 9.28 Å². The molecule has 11 heavy (non-hydrogen) atoms. The van der Waals surface area contributed by atoms with Gasteiger partial charge in [0.1, 0.15) is 0 Å². The fraction of sp³-hybridized carbons (Fsp3) is 0.714. The van der Waals surface area contributed by atoms with Crippen molar-refractivity contribution < 1.29 is 8.85 Å². The molecule has 1 atom stereocenters. The van der Waals surface area contributed by atoms with Crippen LogP contribution in [0.15, 0.2) is 12.7 Å². The largest absolute Gasteiger partial charge is 0.399 e. The van der Waals surface area contributed by atoms with Crippen LogP contribution in [-0.4, -0.2) is 48.2 Å². The molecule has 0 heterocycles. The van der Waals surface area contributed by atoms with E-state index in [1.807, 2.05) is 20.2 Å². The molecule has 4 heteroatoms. The maximum absolute atomic E-state index is 5.22. The summed E-state index contributed by atoms with van der Waals surface area (Å²) >= 11 is 0. The van der Waals surface area contributed by atoms with E-state index >= 15 is 0 Å². The van der Waals surface area contributed by atoms with Gasteiger partial charge in [0.05, 0.1) is 5.67 Å². The number of likely N-dealkylation sites (N-methyl/N-ethyl adjacent to an activating group) is 1. The number of hydrogen-bond acceptors (Lipinski definition) is 3. The average molecular weight is 175 g/mol. The standard InChI is InChI=1S/C7H17NO2Si/c1-6-7(8(2)3)11(9-4)10-5/h6-7,11H,1H2,2-5H3. The van der Waals surface area contributed by atoms with E-state index in [9.17, 15) is 0 Å². The molecule has 0 aromatic heterocycles. The van der Waals surface area contributed by atoms with Crippen LogP contribution in [0.3, 0.4) is 0 Å². The predicted octanol–water partition coefficient (Wildman–Crippen LogP) is 0.155. The quantitative estimate of drug-likeness (QED) is 0.439. The number of nitrogens with zero attached hydrogens (tertiary/aromatic N) is 1. The van der Waals surface area contributed by atoms with E-state index in [0.717, 1.165) is 0 Å². The molecule has 3 nitrogen and oxygen atoms in total. The summed E-state index contributed by atoms with van der Waals surface area (Å²) in [7, 11) is 5.79. The van der Waals surface area contributed by atoms with Gasteiger partial charge in [0.2, 0.25) is 0 Å². The molecule has 0 aliphatic rings. The second kappa shape index (κ2) is 5.48. The maximum atomic E-state index is 5.22. The zero-order chi connectivity index (χ0) is 8.85. The highest BCUT2D eigenvalue weighted by Crippen LogP contribution is 2.01. The van der Waals surface area contributed by atoms with Crippen LogP contribution in [0.25, 0.3) is 0 Å². The molecule has 0 spiro atoms. The van der Waals surface area contributed by atoms with Crippen LogP contribution in [0, 0.1) is 0 Å². The Morgan fingerprint density at radius 2 is 1.82 bits per heavy atom. The lowest BCUT2D eigenvalue weighted by Crippen LogP contribution is -2.43. The van der Waals surface area contributed by atoms with E-state index in [-0.39, 0.29) is 5.67 Å². The van der Waals surface area contributed by atoms with Crippen LogP contribution in [0.2, 0.25) is 0 Å². The minimum Gasteiger partial charge on any atom is -0.399 e. The van der Waals surface area contributed by atoms with Crippen LogP contribution in [-0.2, 0) is 8.85 Å². The van der Waals surface area contributed by atoms with Gasteiger partial charge in [-0.15, -0.1) is 6.58 Å². The van der Waals surface area contributed by atoms with Crippen LogP contribution in [0.5, 0.6) is 0 Å². The zero-order valence-corrected chi connectivity index (χ0v) is 8.86. The minimum atomic E-state index is -1.56. The summed E-state index contributed by atoms with van der Waals surface area (Å²) in [4.78, 5) is 2.05. The Bertz CT molecular complexity index is 115. The molecule has 0 saturated heterocycles. The maximum Gasteiger partial charge on any atom is 0.342 e. The Morgan fingerprint density at radius 1 is 1.36 bits per heavy atom. The molecule has 0 aromatic rings. The molecule has 0 rings (SSSR count). The van der Waals surface area contributed by atoms with Crippen molar-refractivity contribution in [3.05, 3.63) is 12.7 Å². The van der Waals surface area contributed by atoms with Gasteiger partial charge in [0, 0.05) is 14.2 Å². The Balaban J connectivity index is 4.08. The molecular weight excluding hydrogens is 158 g/mol. The van der Waals surface area contributed by atoms with Crippen molar-refractivity contribution in [1.29, 1.82) is 0 Å². The highest BCUT2D eigenvalue weighted by atomic mass is 28.3. The van der Waals surface area contributed by atoms with Gasteiger partial charge in [-0.1, -0.05) is 6.08 Å². The van der Waals surface area contributed by atoms with Crippen molar-refractivity contribution in [3.8, 4) is 0 Å². The molecule has 66 valence electrons. The second-order valence-electron chi connectivity index (χ2n) is 2.53. The SMILES string of the molecule is C=CC(N(C)C)[SiH](OC)OC. The van der Waals surface area contributed by atoms with Gasteiger partial charge in [-0.3, -0.25) is 0 Å². The molecule has 0 aliphatic heterocycles. The number of rotatable bonds is 5. The van der Waals surface area contributed by atoms with Gasteiger partial charge in [0.15, 0.2) is 0 Å². The lowest BCUT2D eigenvalue weighted by molar-refractivity contribution is 0.238. The highest BCUT2D eigenvalue weighted by Gasteiger charge is 2.22. The fourth-order valence-corrected chi connectivity index (χ4v) is 2.40. The molecule has 0 saturated carbocycles. The molecule has 0 aromatic carbocycles. The van der Waals surface area contributed by atoms with Gasteiger partial charge in [-0.2, -0.15) is 0 Å². The molecule has 0 fully saturated rings. The third-order valence-electron chi connectivity index (χ3n) is 1.58. The second-order valence-corrected chi connectivity index (χ2v) is 4.89. The molecular formula is C7H17NO2Si. The fourth-order valence-electron chi connectivity index (χ4n) is 0.940. The van der Waals surface area contributed by atoms with Crippen molar-refractivity contribution >= 4 is 9.28 Å². The van der Waals surface area contributed by atoms with E-state index in [0.29, 0.717) is 0 Å². The van der Waals surface area contributed by atoms with Crippen LogP contribution in [0.1, 0.15) is 0 Å². The third-order valence-corrected chi connectivity index (χ3v) is 3.94. The molecule has 0 bridgehead atoms. The van der Waals surface area contributed by atoms with Crippen molar-refractivity contribution in [2.75, 3.05) is 28.3 Å². The van der Waals surface area contributed by atoms with Crippen molar-refractivity contribution in [2.45, 2.75) is 5.67 Å². The first-order chi connectivity index (χ1) is 5.17. The van der Waals surface area contributed by atoms with Crippen LogP contribution < -0.4 is 0 Å². The molecule has 1 unspecified atom stereocenters. The molecule has 0 aliphatic carbocycles. The predicted molar refractivity (Wildman–Crippen MR) is 48.8 cm³/mol. The Kier molecular flexibility index (Phi) is 5.40. The first-order valence-corrected chi connectivity index (χ1v) is 5.12. The van der Waals surface area contributed by atoms with Crippen LogP contribution >= 0.6 is 0 Å². The molecule has 0 N–H and O–H groups in total. The Labute approximate surface area is 70.5 Å². The first kappa shape index (κ1) is 10.8. The van der Waals surface area contributed by atoms with Gasteiger partial charge in [0.25, 0.3) is 0 Å². The first-order valence-electron chi connectivity index (χ1n) is 3.52. The summed E-state index contributed by atoms with van der Waals surface area (Å²) in [6.07, 6.45) is 1.86. The highest BCUT2D eigenvalue weighted by molar-refractivity contribution is 6.47. The summed E-state index contributed by atoms with van der Waals surface area (Å²) < 4.78 is 10.4. The molecule has 0 amide bonds. The summed E-state index contributed by atoms with van der Waals surface area (Å²) in [5.41, 5.74) is 0.241. The van der Waals surface area contributed by atoms with Gasteiger partial charge in [-0.05, 0) is 14.1 Å². The van der Waals surface area contributed by atoms with Gasteiger partial charge < -0.3 is 13.8 Å². The Hall–Kier alpha value is -0.163. The van der Waals surface area contributed by atoms with Crippen LogP contribution in [0.4, 0.5) is 0 Å². The van der Waals surface area contributed by atoms with Gasteiger partial charge in [-0.25, -0.2) is 0 Å². The Morgan fingerprint density at radius 3 is 1.91 bits per heavy atom. The average Bonchev–Trinajstić information content (AvgIpc) is 1.99. The van der Waals surface area contributed by atoms with E-state index in [1.54, 1.807) is 14.2 Å². The normalized spacial score (nSPS) is 14.0. The smallest absolute Gasteiger partial charge is 0.342 e. The van der Waals surface area contributed by atoms with Crippen molar-refractivity contribution in [3.63, 3.8) is 0 Å². The topological polar surface area (TPSA) is 21.7 Å². The monoisotopic (exact) mass is 175 g/mol. The third kappa shape index (κ3) is 3.16. The van der Waals surface area contributed by atoms with E-state index in [4.69, 9.17) is 8.85 Å². The summed E-state index contributed by atoms with van der Waals surface area (Å²) in [5, 5.41) is 0. The summed E-state index contributed by atoms with van der Waals surface area (Å²) in [6.45, 7) is 3.73. The number of hydrogen-bond donors (Lipinski definition) is 0. The molecule has 0 radical (unpaired) electrons. The van der Waals surface area contributed by atoms with E-state index < -0.39 is 9.28 Å². The summed E-state index contributed by atoms with van der Waals surface area (Å²) in [5.74, 6) is 0. The van der Waals surface area contributed by atoms with E-state index in [1.165, 1.54) is 0 Å². The van der Waals surface area contributed by atoms with E-state index in [2.05, 4.69) is 11.5 Å². The zero-order valence-electron chi connectivity index (χ0n) is 7.70. The van der Waals surface area contributed by atoms with Crippen molar-refractivity contribution in [2.24, 2.45) is 0 Å². The lowest BCUT2D eigenvalue weighted by atomic mass is 10.6. The minimum absolute atomic E-state index is 0.241. The summed E-state index contributed by atoms with van der Waals surface area (Å²) in [6, 6.07) is 0.